The first-order valence-electron chi connectivity index (χ1n) is 7.26. The second-order valence-corrected chi connectivity index (χ2v) is 9.16. The fraction of sp³-hybridized carbons (Fsp3) is 0.462. The van der Waals surface area contributed by atoms with Gasteiger partial charge in [-0.3, -0.25) is 10.1 Å². The lowest BCUT2D eigenvalue weighted by atomic mass is 10.2. The Labute approximate surface area is 142 Å². The first-order valence-corrected chi connectivity index (χ1v) is 10.4. The molecule has 1 fully saturated rings. The number of nitrogens with one attached hydrogen (secondary N) is 1. The predicted octanol–water partition coefficient (Wildman–Crippen LogP) is 2.42. The molecular weight excluding hydrogens is 356 g/mol. The molecule has 124 valence electrons. The average Bonchev–Trinajstić information content (AvgIpc) is 3.14. The van der Waals surface area contributed by atoms with Gasteiger partial charge in [0.25, 0.3) is 15.9 Å². The van der Waals surface area contributed by atoms with Crippen LogP contribution in [0.4, 0.5) is 5.13 Å². The van der Waals surface area contributed by atoms with Gasteiger partial charge >= 0.3 is 0 Å². The van der Waals surface area contributed by atoms with Crippen molar-refractivity contribution in [2.45, 2.75) is 30.0 Å². The van der Waals surface area contributed by atoms with Crippen LogP contribution in [0.2, 0.25) is 0 Å². The molecule has 23 heavy (non-hydrogen) atoms. The minimum absolute atomic E-state index is 0.0686. The number of hydrogen-bond acceptors (Lipinski definition) is 7. The summed E-state index contributed by atoms with van der Waals surface area (Å²) in [6.45, 7) is 1.03. The maximum Gasteiger partial charge on any atom is 0.272 e. The molecule has 1 amide bonds. The van der Waals surface area contributed by atoms with Crippen molar-refractivity contribution in [3.05, 3.63) is 22.4 Å². The van der Waals surface area contributed by atoms with Crippen molar-refractivity contribution >= 4 is 43.7 Å². The van der Waals surface area contributed by atoms with Gasteiger partial charge in [0.1, 0.15) is 0 Å². The maximum absolute atomic E-state index is 12.6. The molecule has 7 nitrogen and oxygen atoms in total. The lowest BCUT2D eigenvalue weighted by Crippen LogP contribution is -2.31. The summed E-state index contributed by atoms with van der Waals surface area (Å²) >= 11 is 2.19. The van der Waals surface area contributed by atoms with Crippen LogP contribution in [-0.2, 0) is 10.0 Å². The molecule has 3 heterocycles. The standard InChI is InChI=1S/C13H16N4O3S3/c18-11(10-6-5-9-21-10)14-12-15-16-13(22-12)23(19,20)17-7-3-1-2-4-8-17/h5-6,9H,1-4,7-8H2,(H,14,15,18). The Hall–Kier alpha value is -1.36. The summed E-state index contributed by atoms with van der Waals surface area (Å²) in [4.78, 5) is 12.5. The monoisotopic (exact) mass is 372 g/mol. The molecule has 1 N–H and O–H groups in total. The largest absolute Gasteiger partial charge is 0.296 e. The van der Waals surface area contributed by atoms with Crippen LogP contribution in [0.5, 0.6) is 0 Å². The summed E-state index contributed by atoms with van der Waals surface area (Å²) in [6.07, 6.45) is 3.81. The highest BCUT2D eigenvalue weighted by atomic mass is 32.2. The third-order valence-electron chi connectivity index (χ3n) is 3.50. The van der Waals surface area contributed by atoms with Crippen molar-refractivity contribution in [2.75, 3.05) is 18.4 Å². The first-order chi connectivity index (χ1) is 11.1. The number of hydrogen-bond donors (Lipinski definition) is 1. The number of thiophene rings is 1. The van der Waals surface area contributed by atoms with Gasteiger partial charge in [0, 0.05) is 13.1 Å². The van der Waals surface area contributed by atoms with Gasteiger partial charge in [-0.25, -0.2) is 8.42 Å². The lowest BCUT2D eigenvalue weighted by Gasteiger charge is -2.17. The highest BCUT2D eigenvalue weighted by molar-refractivity contribution is 7.91. The highest BCUT2D eigenvalue weighted by Gasteiger charge is 2.29. The van der Waals surface area contributed by atoms with E-state index in [1.165, 1.54) is 15.6 Å². The second-order valence-electron chi connectivity index (χ2n) is 5.12. The molecule has 1 saturated heterocycles. The van der Waals surface area contributed by atoms with E-state index in [-0.39, 0.29) is 15.4 Å². The third-order valence-corrected chi connectivity index (χ3v) is 7.45. The Kier molecular flexibility index (Phi) is 5.05. The molecule has 0 spiro atoms. The van der Waals surface area contributed by atoms with Crippen LogP contribution in [0.15, 0.2) is 21.9 Å². The van der Waals surface area contributed by atoms with Crippen LogP contribution < -0.4 is 5.32 Å². The van der Waals surface area contributed by atoms with Crippen molar-refractivity contribution in [1.29, 1.82) is 0 Å². The maximum atomic E-state index is 12.6. The van der Waals surface area contributed by atoms with Gasteiger partial charge in [0.15, 0.2) is 0 Å². The zero-order valence-corrected chi connectivity index (χ0v) is 14.7. The molecule has 0 aromatic carbocycles. The average molecular weight is 372 g/mol. The molecule has 0 saturated carbocycles. The molecule has 2 aromatic rings. The van der Waals surface area contributed by atoms with Gasteiger partial charge in [-0.15, -0.1) is 21.5 Å². The molecular formula is C13H16N4O3S3. The van der Waals surface area contributed by atoms with E-state index in [2.05, 4.69) is 15.5 Å². The van der Waals surface area contributed by atoms with Crippen molar-refractivity contribution < 1.29 is 13.2 Å². The van der Waals surface area contributed by atoms with E-state index in [9.17, 15) is 13.2 Å². The van der Waals surface area contributed by atoms with Crippen LogP contribution >= 0.6 is 22.7 Å². The van der Waals surface area contributed by atoms with Crippen molar-refractivity contribution in [2.24, 2.45) is 0 Å². The molecule has 3 rings (SSSR count). The summed E-state index contributed by atoms with van der Waals surface area (Å²) in [5.41, 5.74) is 0. The topological polar surface area (TPSA) is 92.3 Å². The number of carbonyl (C=O) groups excluding carboxylic acids is 1. The van der Waals surface area contributed by atoms with E-state index in [1.54, 1.807) is 17.5 Å². The molecule has 0 atom stereocenters. The number of rotatable bonds is 4. The van der Waals surface area contributed by atoms with Gasteiger partial charge in [0.2, 0.25) is 9.47 Å². The van der Waals surface area contributed by atoms with E-state index in [0.717, 1.165) is 37.0 Å². The summed E-state index contributed by atoms with van der Waals surface area (Å²) in [5, 5.41) is 12.1. The minimum Gasteiger partial charge on any atom is -0.296 e. The van der Waals surface area contributed by atoms with Crippen LogP contribution in [0.1, 0.15) is 35.4 Å². The number of sulfonamides is 1. The van der Waals surface area contributed by atoms with E-state index in [0.29, 0.717) is 18.0 Å². The van der Waals surface area contributed by atoms with E-state index in [4.69, 9.17) is 0 Å². The Bertz CT molecular complexity index is 762. The van der Waals surface area contributed by atoms with Crippen molar-refractivity contribution in [3.8, 4) is 0 Å². The fourth-order valence-corrected chi connectivity index (χ4v) is 5.49. The first kappa shape index (κ1) is 16.5. The number of aromatic nitrogens is 2. The zero-order valence-electron chi connectivity index (χ0n) is 12.3. The van der Waals surface area contributed by atoms with Crippen LogP contribution in [-0.4, -0.2) is 41.9 Å². The third kappa shape index (κ3) is 3.77. The van der Waals surface area contributed by atoms with E-state index in [1.807, 2.05) is 0 Å². The van der Waals surface area contributed by atoms with Gasteiger partial charge in [-0.05, 0) is 24.3 Å². The number of nitrogens with zero attached hydrogens (tertiary/aromatic N) is 3. The van der Waals surface area contributed by atoms with E-state index < -0.39 is 10.0 Å². The minimum atomic E-state index is -3.62. The summed E-state index contributed by atoms with van der Waals surface area (Å²) < 4.78 is 26.6. The molecule has 1 aliphatic heterocycles. The molecule has 0 unspecified atom stereocenters. The van der Waals surface area contributed by atoms with Gasteiger partial charge in [-0.1, -0.05) is 30.2 Å². The number of carbonyl (C=O) groups is 1. The molecule has 0 bridgehead atoms. The predicted molar refractivity (Wildman–Crippen MR) is 89.4 cm³/mol. The molecule has 0 aliphatic carbocycles. The summed E-state index contributed by atoms with van der Waals surface area (Å²) in [7, 11) is -3.62. The SMILES string of the molecule is O=C(Nc1nnc(S(=O)(=O)N2CCCCCC2)s1)c1cccs1. The van der Waals surface area contributed by atoms with Crippen LogP contribution in [0.25, 0.3) is 0 Å². The van der Waals surface area contributed by atoms with Crippen molar-refractivity contribution in [1.82, 2.24) is 14.5 Å². The smallest absolute Gasteiger partial charge is 0.272 e. The second kappa shape index (κ2) is 7.04. The lowest BCUT2D eigenvalue weighted by molar-refractivity contribution is 0.103. The zero-order chi connectivity index (χ0) is 16.3. The van der Waals surface area contributed by atoms with Gasteiger partial charge in [0.05, 0.1) is 4.88 Å². The Balaban J connectivity index is 1.74. The summed E-state index contributed by atoms with van der Waals surface area (Å²) in [5.74, 6) is -0.310. The number of amides is 1. The fourth-order valence-electron chi connectivity index (χ4n) is 2.32. The molecule has 10 heteroatoms. The normalized spacial score (nSPS) is 16.9. The molecule has 0 radical (unpaired) electrons. The highest BCUT2D eigenvalue weighted by Crippen LogP contribution is 2.25. The Morgan fingerprint density at radius 1 is 1.17 bits per heavy atom. The van der Waals surface area contributed by atoms with Crippen LogP contribution in [0, 0.1) is 0 Å². The Morgan fingerprint density at radius 3 is 2.57 bits per heavy atom. The molecule has 2 aromatic heterocycles. The summed E-state index contributed by atoms with van der Waals surface area (Å²) in [6, 6.07) is 3.46. The van der Waals surface area contributed by atoms with E-state index >= 15 is 0 Å². The Morgan fingerprint density at radius 2 is 1.91 bits per heavy atom. The molecule has 1 aliphatic rings. The van der Waals surface area contributed by atoms with Crippen molar-refractivity contribution in [3.63, 3.8) is 0 Å². The number of anilines is 1. The van der Waals surface area contributed by atoms with Gasteiger partial charge < -0.3 is 0 Å². The van der Waals surface area contributed by atoms with Crippen LogP contribution in [0.3, 0.4) is 0 Å². The quantitative estimate of drug-likeness (QED) is 0.832. The van der Waals surface area contributed by atoms with Gasteiger partial charge in [-0.2, -0.15) is 4.31 Å².